The Morgan fingerprint density at radius 1 is 1.16 bits per heavy atom. The number of fused-ring (bicyclic) bond motifs is 1. The minimum Gasteiger partial charge on any atom is -0.485 e. The molecule has 1 aromatic rings. The fourth-order valence-corrected chi connectivity index (χ4v) is 4.10. The maximum atomic E-state index is 13.0. The predicted octanol–water partition coefficient (Wildman–Crippen LogP) is 1.40. The van der Waals surface area contributed by atoms with Gasteiger partial charge in [0.2, 0.25) is 6.10 Å². The quantitative estimate of drug-likeness (QED) is 0.828. The lowest BCUT2D eigenvalue weighted by atomic mass is 9.99. The van der Waals surface area contributed by atoms with Gasteiger partial charge in [-0.3, -0.25) is 9.69 Å². The Morgan fingerprint density at radius 3 is 2.68 bits per heavy atom. The van der Waals surface area contributed by atoms with Crippen molar-refractivity contribution < 1.29 is 19.0 Å². The molecule has 3 atom stereocenters. The zero-order valence-electron chi connectivity index (χ0n) is 14.7. The second-order valence-electron chi connectivity index (χ2n) is 6.99. The van der Waals surface area contributed by atoms with Gasteiger partial charge in [-0.25, -0.2) is 0 Å². The molecule has 2 fully saturated rings. The van der Waals surface area contributed by atoms with Crippen LogP contribution in [0, 0.1) is 5.92 Å². The normalized spacial score (nSPS) is 29.6. The van der Waals surface area contributed by atoms with Crippen LogP contribution in [0.4, 0.5) is 0 Å². The van der Waals surface area contributed by atoms with Gasteiger partial charge in [0.05, 0.1) is 13.2 Å². The van der Waals surface area contributed by atoms with Crippen LogP contribution in [0.3, 0.4) is 0 Å². The summed E-state index contributed by atoms with van der Waals surface area (Å²) in [6.07, 6.45) is 0.535. The first-order valence-corrected chi connectivity index (χ1v) is 9.25. The zero-order valence-corrected chi connectivity index (χ0v) is 14.7. The van der Waals surface area contributed by atoms with Crippen LogP contribution < -0.4 is 9.47 Å². The molecule has 0 N–H and O–H groups in total. The Labute approximate surface area is 148 Å². The van der Waals surface area contributed by atoms with Crippen LogP contribution in [-0.2, 0) is 9.53 Å². The van der Waals surface area contributed by atoms with Crippen molar-refractivity contribution in [2.24, 2.45) is 5.92 Å². The molecule has 0 aliphatic carbocycles. The minimum atomic E-state index is -0.546. The minimum absolute atomic E-state index is 0.0451. The summed E-state index contributed by atoms with van der Waals surface area (Å²) in [5.41, 5.74) is 0. The molecule has 1 aromatic carbocycles. The molecule has 3 aliphatic rings. The highest BCUT2D eigenvalue weighted by Gasteiger charge is 2.41. The van der Waals surface area contributed by atoms with Gasteiger partial charge < -0.3 is 19.1 Å². The number of likely N-dealkylation sites (tertiary alicyclic amines) is 1. The molecular formula is C19H26N2O4. The third kappa shape index (κ3) is 3.33. The molecule has 4 rings (SSSR count). The monoisotopic (exact) mass is 346 g/mol. The first-order valence-electron chi connectivity index (χ1n) is 9.25. The fraction of sp³-hybridized carbons (Fsp3) is 0.632. The van der Waals surface area contributed by atoms with E-state index in [-0.39, 0.29) is 12.5 Å². The predicted molar refractivity (Wildman–Crippen MR) is 92.9 cm³/mol. The molecular weight excluding hydrogens is 320 g/mol. The van der Waals surface area contributed by atoms with Gasteiger partial charge in [-0.1, -0.05) is 25.5 Å². The molecule has 2 saturated heterocycles. The maximum Gasteiger partial charge on any atom is 0.267 e. The number of morpholine rings is 1. The molecule has 3 aliphatic heterocycles. The number of carbonyl (C=O) groups excluding carboxylic acids is 1. The molecule has 6 nitrogen and oxygen atoms in total. The van der Waals surface area contributed by atoms with Gasteiger partial charge in [0, 0.05) is 32.2 Å². The largest absolute Gasteiger partial charge is 0.485 e. The fourth-order valence-electron chi connectivity index (χ4n) is 4.10. The average Bonchev–Trinajstić information content (AvgIpc) is 3.12. The van der Waals surface area contributed by atoms with E-state index >= 15 is 0 Å². The highest BCUT2D eigenvalue weighted by atomic mass is 16.6. The molecule has 0 spiro atoms. The summed E-state index contributed by atoms with van der Waals surface area (Å²) in [5.74, 6) is 1.93. The van der Waals surface area contributed by atoms with E-state index in [1.54, 1.807) is 0 Å². The lowest BCUT2D eigenvalue weighted by Gasteiger charge is -2.34. The van der Waals surface area contributed by atoms with Crippen LogP contribution in [0.25, 0.3) is 0 Å². The topological polar surface area (TPSA) is 51.2 Å². The van der Waals surface area contributed by atoms with E-state index in [1.165, 1.54) is 0 Å². The van der Waals surface area contributed by atoms with Crippen LogP contribution >= 0.6 is 0 Å². The van der Waals surface area contributed by atoms with Crippen LogP contribution in [0.2, 0.25) is 0 Å². The number of nitrogens with zero attached hydrogens (tertiary/aromatic N) is 2. The Morgan fingerprint density at radius 2 is 1.92 bits per heavy atom. The van der Waals surface area contributed by atoms with Gasteiger partial charge in [0.15, 0.2) is 11.5 Å². The lowest BCUT2D eigenvalue weighted by molar-refractivity contribution is -0.140. The van der Waals surface area contributed by atoms with Gasteiger partial charge >= 0.3 is 0 Å². The SMILES string of the molecule is CCC1CN(C(=O)C2COc3ccccc3O2)CC1N1CCOCC1. The molecule has 3 heterocycles. The van der Waals surface area contributed by atoms with Crippen molar-refractivity contribution >= 4 is 5.91 Å². The maximum absolute atomic E-state index is 13.0. The number of amides is 1. The Bertz CT molecular complexity index is 617. The van der Waals surface area contributed by atoms with Crippen LogP contribution in [0.1, 0.15) is 13.3 Å². The van der Waals surface area contributed by atoms with Gasteiger partial charge in [0.1, 0.15) is 6.61 Å². The van der Waals surface area contributed by atoms with Crippen molar-refractivity contribution in [2.45, 2.75) is 25.5 Å². The molecule has 25 heavy (non-hydrogen) atoms. The first-order chi connectivity index (χ1) is 12.3. The summed E-state index contributed by atoms with van der Waals surface area (Å²) in [6, 6.07) is 7.95. The highest BCUT2D eigenvalue weighted by molar-refractivity contribution is 5.82. The van der Waals surface area contributed by atoms with Crippen molar-refractivity contribution in [2.75, 3.05) is 46.0 Å². The Hall–Kier alpha value is -1.79. The van der Waals surface area contributed by atoms with Gasteiger partial charge in [-0.05, 0) is 18.1 Å². The van der Waals surface area contributed by atoms with Crippen molar-refractivity contribution in [1.29, 1.82) is 0 Å². The van der Waals surface area contributed by atoms with E-state index in [4.69, 9.17) is 14.2 Å². The van der Waals surface area contributed by atoms with Crippen molar-refractivity contribution in [3.63, 3.8) is 0 Å². The standard InChI is InChI=1S/C19H26N2O4/c1-2-14-11-21(12-15(14)20-7-9-23-10-8-20)19(22)18-13-24-16-5-3-4-6-17(16)25-18/h3-6,14-15,18H,2,7-13H2,1H3. The molecule has 0 bridgehead atoms. The molecule has 136 valence electrons. The van der Waals surface area contributed by atoms with Gasteiger partial charge in [0.25, 0.3) is 5.91 Å². The summed E-state index contributed by atoms with van der Waals surface area (Å²) in [7, 11) is 0. The first kappa shape index (κ1) is 16.7. The number of hydrogen-bond donors (Lipinski definition) is 0. The molecule has 1 amide bonds. The summed E-state index contributed by atoms with van der Waals surface area (Å²) in [4.78, 5) is 17.4. The number of benzene rings is 1. The van der Waals surface area contributed by atoms with E-state index in [1.807, 2.05) is 29.2 Å². The van der Waals surface area contributed by atoms with Crippen molar-refractivity contribution in [3.8, 4) is 11.5 Å². The van der Waals surface area contributed by atoms with Crippen LogP contribution in [0.15, 0.2) is 24.3 Å². The summed E-state index contributed by atoms with van der Waals surface area (Å²) in [5, 5.41) is 0. The molecule has 6 heteroatoms. The second kappa shape index (κ2) is 7.22. The number of rotatable bonds is 3. The highest BCUT2D eigenvalue weighted by Crippen LogP contribution is 2.32. The number of ether oxygens (including phenoxy) is 3. The lowest BCUT2D eigenvalue weighted by Crippen LogP contribution is -2.49. The Balaban J connectivity index is 1.42. The number of para-hydroxylation sites is 2. The summed E-state index contributed by atoms with van der Waals surface area (Å²) in [6.45, 7) is 7.57. The molecule has 0 saturated carbocycles. The zero-order chi connectivity index (χ0) is 17.2. The smallest absolute Gasteiger partial charge is 0.267 e. The van der Waals surface area contributed by atoms with E-state index in [0.29, 0.717) is 23.5 Å². The summed E-state index contributed by atoms with van der Waals surface area (Å²) >= 11 is 0. The van der Waals surface area contributed by atoms with E-state index in [9.17, 15) is 4.79 Å². The molecule has 0 aromatic heterocycles. The van der Waals surface area contributed by atoms with Crippen molar-refractivity contribution in [3.05, 3.63) is 24.3 Å². The van der Waals surface area contributed by atoms with Crippen molar-refractivity contribution in [1.82, 2.24) is 9.80 Å². The van der Waals surface area contributed by atoms with E-state index in [2.05, 4.69) is 11.8 Å². The van der Waals surface area contributed by atoms with Crippen LogP contribution in [0.5, 0.6) is 11.5 Å². The average molecular weight is 346 g/mol. The van der Waals surface area contributed by atoms with Gasteiger partial charge in [-0.2, -0.15) is 0 Å². The number of carbonyl (C=O) groups is 1. The second-order valence-corrected chi connectivity index (χ2v) is 6.99. The van der Waals surface area contributed by atoms with Crippen LogP contribution in [-0.4, -0.2) is 73.9 Å². The molecule has 0 radical (unpaired) electrons. The summed E-state index contributed by atoms with van der Waals surface area (Å²) < 4.78 is 17.1. The number of hydrogen-bond acceptors (Lipinski definition) is 5. The third-order valence-corrected chi connectivity index (χ3v) is 5.54. The van der Waals surface area contributed by atoms with E-state index in [0.717, 1.165) is 45.8 Å². The molecule has 3 unspecified atom stereocenters. The van der Waals surface area contributed by atoms with E-state index < -0.39 is 6.10 Å². The third-order valence-electron chi connectivity index (χ3n) is 5.54. The Kier molecular flexibility index (Phi) is 4.81. The van der Waals surface area contributed by atoms with Gasteiger partial charge in [-0.15, -0.1) is 0 Å².